The molecule has 0 amide bonds. The van der Waals surface area contributed by atoms with E-state index in [0.29, 0.717) is 30.5 Å². The summed E-state index contributed by atoms with van der Waals surface area (Å²) < 4.78 is 31.9. The highest BCUT2D eigenvalue weighted by Gasteiger charge is 2.28. The van der Waals surface area contributed by atoms with Gasteiger partial charge in [-0.3, -0.25) is 0 Å². The zero-order valence-corrected chi connectivity index (χ0v) is 12.5. The van der Waals surface area contributed by atoms with Crippen LogP contribution in [-0.4, -0.2) is 38.5 Å². The lowest BCUT2D eigenvalue weighted by Crippen LogP contribution is -2.35. The van der Waals surface area contributed by atoms with Gasteiger partial charge in [-0.25, -0.2) is 8.42 Å². The van der Waals surface area contributed by atoms with Crippen LogP contribution >= 0.6 is 22.9 Å². The van der Waals surface area contributed by atoms with Crippen molar-refractivity contribution in [1.82, 2.24) is 4.31 Å². The number of alkyl halides is 1. The average molecular weight is 310 g/mol. The van der Waals surface area contributed by atoms with Crippen molar-refractivity contribution in [2.75, 3.05) is 19.7 Å². The highest BCUT2D eigenvalue weighted by molar-refractivity contribution is 7.89. The first-order chi connectivity index (χ1) is 8.54. The van der Waals surface area contributed by atoms with Gasteiger partial charge in [-0.2, -0.15) is 4.31 Å². The van der Waals surface area contributed by atoms with Crippen LogP contribution in [0.5, 0.6) is 0 Å². The molecule has 2 heterocycles. The van der Waals surface area contributed by atoms with Crippen molar-refractivity contribution in [2.45, 2.75) is 30.2 Å². The molecule has 1 saturated heterocycles. The smallest absolute Gasteiger partial charge is 0.243 e. The monoisotopic (exact) mass is 309 g/mol. The summed E-state index contributed by atoms with van der Waals surface area (Å²) in [5.41, 5.74) is 0. The predicted octanol–water partition coefficient (Wildman–Crippen LogP) is 2.29. The van der Waals surface area contributed by atoms with Gasteiger partial charge in [0.2, 0.25) is 10.0 Å². The second-order valence-corrected chi connectivity index (χ2v) is 7.48. The third-order valence-corrected chi connectivity index (χ3v) is 6.19. The van der Waals surface area contributed by atoms with Crippen LogP contribution in [0.3, 0.4) is 0 Å². The molecule has 1 atom stereocenters. The molecule has 0 saturated carbocycles. The van der Waals surface area contributed by atoms with Crippen LogP contribution in [0.15, 0.2) is 16.3 Å². The van der Waals surface area contributed by atoms with Gasteiger partial charge in [-0.1, -0.05) is 0 Å². The molecular weight excluding hydrogens is 294 g/mol. The standard InChI is InChI=1S/C11H16ClNO3S2/c1-9-7-13(3-2-4-16-9)18(14,15)11-5-10(6-12)17-8-11/h5,8-9H,2-4,6-7H2,1H3. The third-order valence-electron chi connectivity index (χ3n) is 2.81. The van der Waals surface area contributed by atoms with Gasteiger partial charge in [0.25, 0.3) is 0 Å². The van der Waals surface area contributed by atoms with Gasteiger partial charge >= 0.3 is 0 Å². The summed E-state index contributed by atoms with van der Waals surface area (Å²) in [5.74, 6) is 0.347. The lowest BCUT2D eigenvalue weighted by molar-refractivity contribution is 0.0752. The van der Waals surface area contributed by atoms with Crippen LogP contribution in [0.2, 0.25) is 0 Å². The molecule has 2 rings (SSSR count). The second kappa shape index (κ2) is 5.88. The number of halogens is 1. The molecule has 18 heavy (non-hydrogen) atoms. The summed E-state index contributed by atoms with van der Waals surface area (Å²) in [6.07, 6.45) is 0.671. The molecule has 1 aliphatic heterocycles. The third kappa shape index (κ3) is 3.05. The molecule has 0 N–H and O–H groups in total. The van der Waals surface area contributed by atoms with E-state index in [1.165, 1.54) is 15.6 Å². The van der Waals surface area contributed by atoms with E-state index in [1.807, 2.05) is 6.92 Å². The summed E-state index contributed by atoms with van der Waals surface area (Å²) in [5, 5.41) is 1.66. The summed E-state index contributed by atoms with van der Waals surface area (Å²) in [7, 11) is -3.40. The first kappa shape index (κ1) is 14.3. The van der Waals surface area contributed by atoms with E-state index in [9.17, 15) is 8.42 Å². The number of thiophene rings is 1. The van der Waals surface area contributed by atoms with Crippen LogP contribution < -0.4 is 0 Å². The molecule has 0 bridgehead atoms. The Hall–Kier alpha value is -0.140. The minimum atomic E-state index is -3.40. The number of sulfonamides is 1. The number of rotatable bonds is 3. The van der Waals surface area contributed by atoms with Gasteiger partial charge in [0.05, 0.1) is 16.9 Å². The molecule has 7 heteroatoms. The Morgan fingerprint density at radius 3 is 3.06 bits per heavy atom. The van der Waals surface area contributed by atoms with Gasteiger partial charge in [0.15, 0.2) is 0 Å². The summed E-state index contributed by atoms with van der Waals surface area (Å²) >= 11 is 7.08. The zero-order chi connectivity index (χ0) is 13.2. The van der Waals surface area contributed by atoms with Gasteiger partial charge < -0.3 is 4.74 Å². The topological polar surface area (TPSA) is 46.6 Å². The SMILES string of the molecule is CC1CN(S(=O)(=O)c2csc(CCl)c2)CCCO1. The van der Waals surface area contributed by atoms with Gasteiger partial charge in [0, 0.05) is 30.0 Å². The average Bonchev–Trinajstić information content (AvgIpc) is 2.72. The van der Waals surface area contributed by atoms with E-state index >= 15 is 0 Å². The van der Waals surface area contributed by atoms with Crippen LogP contribution in [-0.2, 0) is 20.6 Å². The van der Waals surface area contributed by atoms with Crippen molar-refractivity contribution < 1.29 is 13.2 Å². The van der Waals surface area contributed by atoms with E-state index in [0.717, 1.165) is 11.3 Å². The fourth-order valence-electron chi connectivity index (χ4n) is 1.89. The Labute approximate surface area is 117 Å². The lowest BCUT2D eigenvalue weighted by Gasteiger charge is -2.20. The van der Waals surface area contributed by atoms with Gasteiger partial charge in [-0.05, 0) is 19.4 Å². The fourth-order valence-corrected chi connectivity index (χ4v) is 4.82. The van der Waals surface area contributed by atoms with Gasteiger partial charge in [0.1, 0.15) is 0 Å². The number of hydrogen-bond donors (Lipinski definition) is 0. The molecule has 1 fully saturated rings. The summed E-state index contributed by atoms with van der Waals surface area (Å²) in [6, 6.07) is 1.66. The molecule has 0 aliphatic carbocycles. The van der Waals surface area contributed by atoms with Crippen molar-refractivity contribution in [1.29, 1.82) is 0 Å². The Balaban J connectivity index is 2.23. The zero-order valence-electron chi connectivity index (χ0n) is 10.1. The second-order valence-electron chi connectivity index (χ2n) is 4.28. The minimum absolute atomic E-state index is 0.0617. The number of hydrogen-bond acceptors (Lipinski definition) is 4. The van der Waals surface area contributed by atoms with E-state index in [1.54, 1.807) is 11.4 Å². The van der Waals surface area contributed by atoms with Crippen molar-refractivity contribution in [3.05, 3.63) is 16.3 Å². The first-order valence-corrected chi connectivity index (χ1v) is 8.64. The normalized spacial score (nSPS) is 22.9. The fraction of sp³-hybridized carbons (Fsp3) is 0.636. The van der Waals surface area contributed by atoms with Crippen molar-refractivity contribution >= 4 is 33.0 Å². The largest absolute Gasteiger partial charge is 0.377 e. The highest BCUT2D eigenvalue weighted by atomic mass is 35.5. The van der Waals surface area contributed by atoms with Crippen LogP contribution in [0.1, 0.15) is 18.2 Å². The Kier molecular flexibility index (Phi) is 4.66. The van der Waals surface area contributed by atoms with Crippen LogP contribution in [0.25, 0.3) is 0 Å². The van der Waals surface area contributed by atoms with E-state index in [2.05, 4.69) is 0 Å². The maximum Gasteiger partial charge on any atom is 0.243 e. The molecule has 0 radical (unpaired) electrons. The lowest BCUT2D eigenvalue weighted by atomic mass is 10.4. The maximum atomic E-state index is 12.4. The van der Waals surface area contributed by atoms with Crippen molar-refractivity contribution in [3.63, 3.8) is 0 Å². The van der Waals surface area contributed by atoms with Crippen molar-refractivity contribution in [2.24, 2.45) is 0 Å². The van der Waals surface area contributed by atoms with E-state index < -0.39 is 10.0 Å². The molecule has 1 aromatic rings. The van der Waals surface area contributed by atoms with Gasteiger partial charge in [-0.15, -0.1) is 22.9 Å². The maximum absolute atomic E-state index is 12.4. The Morgan fingerprint density at radius 1 is 1.61 bits per heavy atom. The number of nitrogens with zero attached hydrogens (tertiary/aromatic N) is 1. The summed E-state index contributed by atoms with van der Waals surface area (Å²) in [6.45, 7) is 3.43. The Bertz CT molecular complexity index is 500. The molecule has 0 spiro atoms. The molecule has 1 unspecified atom stereocenters. The first-order valence-electron chi connectivity index (χ1n) is 5.79. The molecule has 1 aliphatic rings. The highest BCUT2D eigenvalue weighted by Crippen LogP contribution is 2.25. The molecule has 4 nitrogen and oxygen atoms in total. The molecule has 1 aromatic heterocycles. The van der Waals surface area contributed by atoms with Crippen LogP contribution in [0.4, 0.5) is 0 Å². The van der Waals surface area contributed by atoms with E-state index in [-0.39, 0.29) is 6.10 Å². The van der Waals surface area contributed by atoms with Crippen molar-refractivity contribution in [3.8, 4) is 0 Å². The molecular formula is C11H16ClNO3S2. The minimum Gasteiger partial charge on any atom is -0.377 e. The number of ether oxygens (including phenoxy) is 1. The summed E-state index contributed by atoms with van der Waals surface area (Å²) in [4.78, 5) is 1.21. The van der Waals surface area contributed by atoms with E-state index in [4.69, 9.17) is 16.3 Å². The Morgan fingerprint density at radius 2 is 2.39 bits per heavy atom. The molecule has 0 aromatic carbocycles. The quantitative estimate of drug-likeness (QED) is 0.805. The predicted molar refractivity (Wildman–Crippen MR) is 72.7 cm³/mol. The van der Waals surface area contributed by atoms with Crippen LogP contribution in [0, 0.1) is 0 Å². The molecule has 102 valence electrons.